The number of rotatable bonds is 7. The van der Waals surface area contributed by atoms with Gasteiger partial charge in [0.2, 0.25) is 5.88 Å². The van der Waals surface area contributed by atoms with Gasteiger partial charge in [0, 0.05) is 20.6 Å². The lowest BCUT2D eigenvalue weighted by Gasteiger charge is -2.26. The van der Waals surface area contributed by atoms with Crippen LogP contribution in [0.15, 0.2) is 0 Å². The molecule has 1 saturated carbocycles. The highest BCUT2D eigenvalue weighted by Crippen LogP contribution is 2.31. The van der Waals surface area contributed by atoms with Crippen LogP contribution in [0.5, 0.6) is 5.88 Å². The number of thiazole rings is 1. The van der Waals surface area contributed by atoms with E-state index in [0.717, 1.165) is 35.9 Å². The van der Waals surface area contributed by atoms with Gasteiger partial charge in [0.25, 0.3) is 0 Å². The summed E-state index contributed by atoms with van der Waals surface area (Å²) in [4.78, 5) is 7.71. The zero-order chi connectivity index (χ0) is 15.2. The molecule has 1 heterocycles. The van der Waals surface area contributed by atoms with Gasteiger partial charge in [-0.05, 0) is 24.8 Å². The van der Waals surface area contributed by atoms with Crippen molar-refractivity contribution in [1.82, 2.24) is 10.3 Å². The van der Waals surface area contributed by atoms with Crippen LogP contribution in [0.3, 0.4) is 0 Å². The van der Waals surface area contributed by atoms with Gasteiger partial charge in [-0.1, -0.05) is 43.9 Å². The number of nitrogens with zero attached hydrogens (tertiary/aromatic N) is 2. The highest BCUT2D eigenvalue weighted by molar-refractivity contribution is 7.15. The van der Waals surface area contributed by atoms with Crippen molar-refractivity contribution in [3.05, 3.63) is 4.88 Å². The second kappa shape index (κ2) is 7.99. The first-order valence-electron chi connectivity index (χ1n) is 8.02. The molecule has 1 aromatic rings. The quantitative estimate of drug-likeness (QED) is 0.782. The van der Waals surface area contributed by atoms with Crippen LogP contribution in [-0.2, 0) is 6.54 Å². The Bertz CT molecular complexity index is 425. The van der Waals surface area contributed by atoms with Gasteiger partial charge in [0.1, 0.15) is 0 Å². The summed E-state index contributed by atoms with van der Waals surface area (Å²) in [6, 6.07) is 0. The second-order valence-electron chi connectivity index (χ2n) is 6.41. The predicted octanol–water partition coefficient (Wildman–Crippen LogP) is 3.52. The van der Waals surface area contributed by atoms with E-state index in [4.69, 9.17) is 4.74 Å². The molecule has 1 aromatic heterocycles. The molecule has 1 N–H and O–H groups in total. The van der Waals surface area contributed by atoms with Gasteiger partial charge in [0.15, 0.2) is 5.13 Å². The lowest BCUT2D eigenvalue weighted by Crippen LogP contribution is -2.20. The van der Waals surface area contributed by atoms with Crippen molar-refractivity contribution >= 4 is 16.5 Å². The number of ether oxygens (including phenoxy) is 1. The summed E-state index contributed by atoms with van der Waals surface area (Å²) >= 11 is 1.71. The summed E-state index contributed by atoms with van der Waals surface area (Å²) in [5.41, 5.74) is 0. The third kappa shape index (κ3) is 4.85. The zero-order valence-electron chi connectivity index (χ0n) is 13.8. The molecule has 1 fully saturated rings. The number of aromatic nitrogens is 1. The normalized spacial score (nSPS) is 22.3. The molecular weight excluding hydrogens is 282 g/mol. The van der Waals surface area contributed by atoms with E-state index in [1.165, 1.54) is 37.0 Å². The Morgan fingerprint density at radius 1 is 1.29 bits per heavy atom. The van der Waals surface area contributed by atoms with Crippen molar-refractivity contribution in [3.8, 4) is 5.88 Å². The fourth-order valence-corrected chi connectivity index (χ4v) is 3.84. The maximum absolute atomic E-state index is 5.37. The highest BCUT2D eigenvalue weighted by Gasteiger charge is 2.18. The van der Waals surface area contributed by atoms with E-state index in [1.807, 2.05) is 19.0 Å². The van der Waals surface area contributed by atoms with Crippen molar-refractivity contribution in [1.29, 1.82) is 0 Å². The van der Waals surface area contributed by atoms with Crippen LogP contribution in [0.25, 0.3) is 0 Å². The van der Waals surface area contributed by atoms with Crippen molar-refractivity contribution < 1.29 is 4.74 Å². The predicted molar refractivity (Wildman–Crippen MR) is 90.4 cm³/mol. The first-order chi connectivity index (χ1) is 10.1. The zero-order valence-corrected chi connectivity index (χ0v) is 14.6. The van der Waals surface area contributed by atoms with Crippen LogP contribution in [0.1, 0.15) is 43.9 Å². The fourth-order valence-electron chi connectivity index (χ4n) is 2.91. The first-order valence-corrected chi connectivity index (χ1v) is 8.83. The van der Waals surface area contributed by atoms with Gasteiger partial charge in [-0.15, -0.1) is 0 Å². The molecule has 0 saturated heterocycles. The molecular formula is C16H29N3OS. The van der Waals surface area contributed by atoms with E-state index in [2.05, 4.69) is 17.2 Å². The Kier molecular flexibility index (Phi) is 6.30. The third-order valence-corrected chi connectivity index (χ3v) is 5.58. The number of hydrogen-bond acceptors (Lipinski definition) is 5. The minimum absolute atomic E-state index is 0.766. The summed E-state index contributed by atoms with van der Waals surface area (Å²) in [7, 11) is 5.72. The maximum atomic E-state index is 5.37. The van der Waals surface area contributed by atoms with Gasteiger partial charge in [-0.2, -0.15) is 4.98 Å². The molecule has 120 valence electrons. The number of nitrogens with one attached hydrogen (secondary N) is 1. The van der Waals surface area contributed by atoms with Crippen molar-refractivity contribution in [2.45, 2.75) is 45.6 Å². The molecule has 2 rings (SSSR count). The van der Waals surface area contributed by atoms with E-state index in [1.54, 1.807) is 18.4 Å². The fraction of sp³-hybridized carbons (Fsp3) is 0.812. The van der Waals surface area contributed by atoms with Gasteiger partial charge in [0.05, 0.1) is 12.0 Å². The molecule has 5 heteroatoms. The van der Waals surface area contributed by atoms with Crippen molar-refractivity contribution in [2.24, 2.45) is 11.8 Å². The smallest absolute Gasteiger partial charge is 0.230 e. The Labute approximate surface area is 132 Å². The van der Waals surface area contributed by atoms with Crippen molar-refractivity contribution in [2.75, 3.05) is 32.6 Å². The van der Waals surface area contributed by atoms with Crippen LogP contribution >= 0.6 is 11.3 Å². The summed E-state index contributed by atoms with van der Waals surface area (Å²) in [5.74, 6) is 2.64. The minimum atomic E-state index is 0.766. The lowest BCUT2D eigenvalue weighted by molar-refractivity contribution is 0.275. The molecule has 1 aliphatic carbocycles. The van der Waals surface area contributed by atoms with E-state index >= 15 is 0 Å². The average molecular weight is 311 g/mol. The van der Waals surface area contributed by atoms with Crippen LogP contribution in [-0.4, -0.2) is 32.7 Å². The lowest BCUT2D eigenvalue weighted by atomic mass is 9.81. The minimum Gasteiger partial charge on any atom is -0.480 e. The summed E-state index contributed by atoms with van der Waals surface area (Å²) in [6.45, 7) is 4.34. The number of anilines is 1. The molecule has 0 spiro atoms. The van der Waals surface area contributed by atoms with Gasteiger partial charge in [-0.3, -0.25) is 0 Å². The van der Waals surface area contributed by atoms with E-state index in [0.29, 0.717) is 0 Å². The average Bonchev–Trinajstić information content (AvgIpc) is 2.89. The Hall–Kier alpha value is -0.810. The largest absolute Gasteiger partial charge is 0.480 e. The Morgan fingerprint density at radius 2 is 2.00 bits per heavy atom. The molecule has 0 radical (unpaired) electrons. The summed E-state index contributed by atoms with van der Waals surface area (Å²) < 4.78 is 5.37. The first kappa shape index (κ1) is 16.6. The van der Waals surface area contributed by atoms with Gasteiger partial charge in [-0.25, -0.2) is 0 Å². The molecule has 0 amide bonds. The molecule has 0 aromatic carbocycles. The highest BCUT2D eigenvalue weighted by atomic mass is 32.1. The molecule has 0 aliphatic heterocycles. The van der Waals surface area contributed by atoms with E-state index < -0.39 is 0 Å². The molecule has 4 nitrogen and oxygen atoms in total. The molecule has 21 heavy (non-hydrogen) atoms. The van der Waals surface area contributed by atoms with Crippen LogP contribution in [0.2, 0.25) is 0 Å². The molecule has 0 atom stereocenters. The SMILES string of the molecule is COc1nc(N(C)C)sc1CNCCC1CCC(C)CC1. The Morgan fingerprint density at radius 3 is 2.62 bits per heavy atom. The molecule has 0 unspecified atom stereocenters. The van der Waals surface area contributed by atoms with Gasteiger partial charge >= 0.3 is 0 Å². The van der Waals surface area contributed by atoms with Gasteiger partial charge < -0.3 is 15.0 Å². The standard InChI is InChI=1S/C16H29N3OS/c1-12-5-7-13(8-6-12)9-10-17-11-14-15(20-4)18-16(21-14)19(2)3/h12-13,17H,5-11H2,1-4H3. The molecule has 0 bridgehead atoms. The van der Waals surface area contributed by atoms with E-state index in [9.17, 15) is 0 Å². The van der Waals surface area contributed by atoms with Crippen LogP contribution < -0.4 is 15.0 Å². The topological polar surface area (TPSA) is 37.4 Å². The number of methoxy groups -OCH3 is 1. The second-order valence-corrected chi connectivity index (χ2v) is 7.48. The van der Waals surface area contributed by atoms with Crippen LogP contribution in [0, 0.1) is 11.8 Å². The van der Waals surface area contributed by atoms with E-state index in [-0.39, 0.29) is 0 Å². The molecule has 1 aliphatic rings. The third-order valence-electron chi connectivity index (χ3n) is 4.38. The number of hydrogen-bond donors (Lipinski definition) is 1. The summed E-state index contributed by atoms with van der Waals surface area (Å²) in [5, 5.41) is 4.56. The Balaban J connectivity index is 1.73. The summed E-state index contributed by atoms with van der Waals surface area (Å²) in [6.07, 6.45) is 6.96. The van der Waals surface area contributed by atoms with Crippen molar-refractivity contribution in [3.63, 3.8) is 0 Å². The maximum Gasteiger partial charge on any atom is 0.230 e. The monoisotopic (exact) mass is 311 g/mol. The van der Waals surface area contributed by atoms with Crippen LogP contribution in [0.4, 0.5) is 5.13 Å².